The second-order valence-electron chi connectivity index (χ2n) is 3.28. The van der Waals surface area contributed by atoms with E-state index in [1.165, 1.54) is 0 Å². The maximum atomic E-state index is 5.55. The number of hydrogen-bond acceptors (Lipinski definition) is 3. The van der Waals surface area contributed by atoms with Gasteiger partial charge in [0.1, 0.15) is 12.4 Å². The van der Waals surface area contributed by atoms with Crippen molar-refractivity contribution in [2.45, 2.75) is 0 Å². The first-order valence-electron chi connectivity index (χ1n) is 5.50. The van der Waals surface area contributed by atoms with Crippen molar-refractivity contribution in [2.24, 2.45) is 0 Å². The molecule has 1 aromatic rings. The van der Waals surface area contributed by atoms with Crippen LogP contribution in [-0.2, 0) is 0 Å². The van der Waals surface area contributed by atoms with Crippen molar-refractivity contribution in [2.75, 3.05) is 31.2 Å². The Bertz CT molecular complexity index is 277. The zero-order valence-corrected chi connectivity index (χ0v) is 10.3. The van der Waals surface area contributed by atoms with Crippen molar-refractivity contribution in [3.05, 3.63) is 43.0 Å². The van der Waals surface area contributed by atoms with E-state index in [4.69, 9.17) is 4.74 Å². The maximum Gasteiger partial charge on any atom is 0.119 e. The highest BCUT2D eigenvalue weighted by molar-refractivity contribution is 7.99. The van der Waals surface area contributed by atoms with Crippen LogP contribution in [0.5, 0.6) is 5.75 Å². The normalized spacial score (nSPS) is 10.0. The number of benzene rings is 1. The molecule has 0 heterocycles. The highest BCUT2D eigenvalue weighted by Gasteiger charge is 1.91. The zero-order chi connectivity index (χ0) is 11.5. The SMILES string of the molecule is C=CCSCCNCCOc1ccccc1. The average molecular weight is 237 g/mol. The molecule has 0 unspecified atom stereocenters. The summed E-state index contributed by atoms with van der Waals surface area (Å²) >= 11 is 1.89. The van der Waals surface area contributed by atoms with Crippen LogP contribution in [0.3, 0.4) is 0 Å². The predicted molar refractivity (Wildman–Crippen MR) is 72.3 cm³/mol. The lowest BCUT2D eigenvalue weighted by atomic mass is 10.3. The largest absolute Gasteiger partial charge is 0.492 e. The molecule has 2 nitrogen and oxygen atoms in total. The minimum absolute atomic E-state index is 0.718. The van der Waals surface area contributed by atoms with Crippen molar-refractivity contribution in [1.82, 2.24) is 5.32 Å². The Morgan fingerprint density at radius 3 is 2.81 bits per heavy atom. The Kier molecular flexibility index (Phi) is 7.64. The van der Waals surface area contributed by atoms with E-state index < -0.39 is 0 Å². The van der Waals surface area contributed by atoms with Crippen LogP contribution in [0.4, 0.5) is 0 Å². The fourth-order valence-corrected chi connectivity index (χ4v) is 1.82. The first-order valence-corrected chi connectivity index (χ1v) is 6.66. The van der Waals surface area contributed by atoms with E-state index in [-0.39, 0.29) is 0 Å². The van der Waals surface area contributed by atoms with Gasteiger partial charge < -0.3 is 10.1 Å². The minimum Gasteiger partial charge on any atom is -0.492 e. The van der Waals surface area contributed by atoms with Crippen LogP contribution in [0.25, 0.3) is 0 Å². The van der Waals surface area contributed by atoms with Crippen molar-refractivity contribution in [3.8, 4) is 5.75 Å². The molecule has 0 radical (unpaired) electrons. The number of nitrogens with one attached hydrogen (secondary N) is 1. The van der Waals surface area contributed by atoms with E-state index >= 15 is 0 Å². The summed E-state index contributed by atoms with van der Waals surface area (Å²) in [5, 5.41) is 3.33. The minimum atomic E-state index is 0.718. The van der Waals surface area contributed by atoms with E-state index in [0.29, 0.717) is 0 Å². The third kappa shape index (κ3) is 6.53. The average Bonchev–Trinajstić information content (AvgIpc) is 2.34. The molecular weight excluding hydrogens is 218 g/mol. The molecule has 0 aromatic heterocycles. The van der Waals surface area contributed by atoms with Gasteiger partial charge in [0.15, 0.2) is 0 Å². The van der Waals surface area contributed by atoms with Gasteiger partial charge in [-0.1, -0.05) is 24.3 Å². The summed E-state index contributed by atoms with van der Waals surface area (Å²) in [5.41, 5.74) is 0. The van der Waals surface area contributed by atoms with E-state index in [2.05, 4.69) is 11.9 Å². The third-order valence-corrected chi connectivity index (χ3v) is 2.91. The number of thioether (sulfide) groups is 1. The molecule has 3 heteroatoms. The topological polar surface area (TPSA) is 21.3 Å². The number of para-hydroxylation sites is 1. The molecule has 0 amide bonds. The molecule has 0 saturated carbocycles. The van der Waals surface area contributed by atoms with Crippen molar-refractivity contribution < 1.29 is 4.74 Å². The predicted octanol–water partition coefficient (Wildman–Crippen LogP) is 2.57. The van der Waals surface area contributed by atoms with Crippen LogP contribution < -0.4 is 10.1 Å². The molecule has 0 bridgehead atoms. The van der Waals surface area contributed by atoms with Crippen LogP contribution in [-0.4, -0.2) is 31.2 Å². The molecule has 88 valence electrons. The fourth-order valence-electron chi connectivity index (χ4n) is 1.19. The Morgan fingerprint density at radius 2 is 2.06 bits per heavy atom. The lowest BCUT2D eigenvalue weighted by Gasteiger charge is -2.06. The van der Waals surface area contributed by atoms with Gasteiger partial charge in [-0.05, 0) is 12.1 Å². The summed E-state index contributed by atoms with van der Waals surface area (Å²) in [4.78, 5) is 0. The summed E-state index contributed by atoms with van der Waals surface area (Å²) < 4.78 is 5.55. The highest BCUT2D eigenvalue weighted by atomic mass is 32.2. The Labute approximate surface area is 102 Å². The summed E-state index contributed by atoms with van der Waals surface area (Å²) in [6, 6.07) is 9.89. The molecule has 0 spiro atoms. The molecule has 0 atom stereocenters. The second-order valence-corrected chi connectivity index (χ2v) is 4.42. The molecule has 16 heavy (non-hydrogen) atoms. The van der Waals surface area contributed by atoms with Crippen LogP contribution in [0.2, 0.25) is 0 Å². The Balaban J connectivity index is 1.90. The lowest BCUT2D eigenvalue weighted by Crippen LogP contribution is -2.23. The number of hydrogen-bond donors (Lipinski definition) is 1. The van der Waals surface area contributed by atoms with Crippen molar-refractivity contribution in [3.63, 3.8) is 0 Å². The van der Waals surface area contributed by atoms with E-state index in [1.807, 2.05) is 48.2 Å². The van der Waals surface area contributed by atoms with Crippen molar-refractivity contribution in [1.29, 1.82) is 0 Å². The van der Waals surface area contributed by atoms with E-state index in [0.717, 1.165) is 37.0 Å². The summed E-state index contributed by atoms with van der Waals surface area (Å²) in [5.74, 6) is 3.09. The number of ether oxygens (including phenoxy) is 1. The molecule has 0 aliphatic carbocycles. The van der Waals surface area contributed by atoms with Gasteiger partial charge in [0.2, 0.25) is 0 Å². The van der Waals surface area contributed by atoms with Gasteiger partial charge in [0.05, 0.1) is 0 Å². The molecule has 0 aliphatic rings. The summed E-state index contributed by atoms with van der Waals surface area (Å²) in [6.07, 6.45) is 1.93. The smallest absolute Gasteiger partial charge is 0.119 e. The van der Waals surface area contributed by atoms with Gasteiger partial charge >= 0.3 is 0 Å². The van der Waals surface area contributed by atoms with Crippen LogP contribution in [0, 0.1) is 0 Å². The quantitative estimate of drug-likeness (QED) is 0.527. The van der Waals surface area contributed by atoms with Gasteiger partial charge in [0, 0.05) is 24.6 Å². The Morgan fingerprint density at radius 1 is 1.25 bits per heavy atom. The molecule has 1 N–H and O–H groups in total. The zero-order valence-electron chi connectivity index (χ0n) is 9.52. The fraction of sp³-hybridized carbons (Fsp3) is 0.385. The standard InChI is InChI=1S/C13H19NOS/c1-2-11-16-12-9-14-8-10-15-13-6-4-3-5-7-13/h2-7,14H,1,8-12H2. The highest BCUT2D eigenvalue weighted by Crippen LogP contribution is 2.07. The van der Waals surface area contributed by atoms with Crippen LogP contribution in [0.1, 0.15) is 0 Å². The number of rotatable bonds is 9. The van der Waals surface area contributed by atoms with Crippen molar-refractivity contribution >= 4 is 11.8 Å². The van der Waals surface area contributed by atoms with Gasteiger partial charge in [0.25, 0.3) is 0 Å². The van der Waals surface area contributed by atoms with E-state index in [9.17, 15) is 0 Å². The van der Waals surface area contributed by atoms with Gasteiger partial charge in [-0.15, -0.1) is 6.58 Å². The van der Waals surface area contributed by atoms with Gasteiger partial charge in [-0.3, -0.25) is 0 Å². The molecule has 0 saturated heterocycles. The summed E-state index contributed by atoms with van der Waals surface area (Å²) in [6.45, 7) is 6.32. The lowest BCUT2D eigenvalue weighted by molar-refractivity contribution is 0.315. The third-order valence-electron chi connectivity index (χ3n) is 1.95. The molecule has 1 aromatic carbocycles. The molecule has 0 fully saturated rings. The van der Waals surface area contributed by atoms with Crippen LogP contribution in [0.15, 0.2) is 43.0 Å². The van der Waals surface area contributed by atoms with Gasteiger partial charge in [-0.25, -0.2) is 0 Å². The molecule has 1 rings (SSSR count). The first kappa shape index (κ1) is 13.1. The summed E-state index contributed by atoms with van der Waals surface area (Å²) in [7, 11) is 0. The molecule has 0 aliphatic heterocycles. The second kappa shape index (κ2) is 9.31. The maximum absolute atomic E-state index is 5.55. The van der Waals surface area contributed by atoms with E-state index in [1.54, 1.807) is 0 Å². The molecular formula is C13H19NOS. The van der Waals surface area contributed by atoms with Gasteiger partial charge in [-0.2, -0.15) is 11.8 Å². The monoisotopic (exact) mass is 237 g/mol. The van der Waals surface area contributed by atoms with Crippen LogP contribution >= 0.6 is 11.8 Å². The Hall–Kier alpha value is -0.930. The first-order chi connectivity index (χ1) is 7.93.